The van der Waals surface area contributed by atoms with Crippen molar-refractivity contribution >= 4 is 28.5 Å². The van der Waals surface area contributed by atoms with Gasteiger partial charge in [0.2, 0.25) is 0 Å². The fourth-order valence-electron chi connectivity index (χ4n) is 2.82. The lowest BCUT2D eigenvalue weighted by Gasteiger charge is -2.10. The zero-order valence-electron chi connectivity index (χ0n) is 15.4. The number of benzene rings is 2. The molecule has 9 heteroatoms. The maximum Gasteiger partial charge on any atom is 0.283 e. The minimum absolute atomic E-state index is 0.239. The molecular formula is C20H16ClN5O3. The molecule has 4 aromatic rings. The number of aromatic nitrogens is 4. The molecule has 29 heavy (non-hydrogen) atoms. The quantitative estimate of drug-likeness (QED) is 0.547. The van der Waals surface area contributed by atoms with Crippen LogP contribution in [0.5, 0.6) is 5.75 Å². The summed E-state index contributed by atoms with van der Waals surface area (Å²) in [6, 6.07) is 14.4. The molecule has 4 rings (SSSR count). The van der Waals surface area contributed by atoms with E-state index < -0.39 is 11.5 Å². The summed E-state index contributed by atoms with van der Waals surface area (Å²) in [6.07, 6.45) is 2.64. The number of rotatable bonds is 5. The fourth-order valence-corrected chi connectivity index (χ4v) is 3.00. The van der Waals surface area contributed by atoms with E-state index in [0.717, 1.165) is 10.2 Å². The molecule has 0 aliphatic carbocycles. The number of halogens is 1. The van der Waals surface area contributed by atoms with E-state index in [4.69, 9.17) is 16.3 Å². The zero-order chi connectivity index (χ0) is 20.4. The predicted molar refractivity (Wildman–Crippen MR) is 109 cm³/mol. The van der Waals surface area contributed by atoms with Crippen molar-refractivity contribution in [2.45, 2.75) is 6.92 Å². The second kappa shape index (κ2) is 7.76. The Labute approximate surface area is 170 Å². The molecule has 2 heterocycles. The van der Waals surface area contributed by atoms with E-state index in [9.17, 15) is 9.59 Å². The van der Waals surface area contributed by atoms with Crippen LogP contribution in [-0.4, -0.2) is 32.0 Å². The molecule has 0 radical (unpaired) electrons. The normalized spacial score (nSPS) is 10.8. The maximum atomic E-state index is 12.7. The van der Waals surface area contributed by atoms with Gasteiger partial charge in [-0.15, -0.1) is 0 Å². The Morgan fingerprint density at radius 1 is 1.21 bits per heavy atom. The van der Waals surface area contributed by atoms with Crippen molar-refractivity contribution in [1.82, 2.24) is 19.4 Å². The summed E-state index contributed by atoms with van der Waals surface area (Å²) in [7, 11) is 0. The molecule has 0 fully saturated rings. The van der Waals surface area contributed by atoms with E-state index in [1.165, 1.54) is 17.2 Å². The van der Waals surface area contributed by atoms with Gasteiger partial charge in [-0.1, -0.05) is 35.9 Å². The molecule has 8 nitrogen and oxygen atoms in total. The number of amides is 1. The van der Waals surface area contributed by atoms with Gasteiger partial charge in [0, 0.05) is 5.02 Å². The molecule has 0 bridgehead atoms. The monoisotopic (exact) mass is 409 g/mol. The lowest BCUT2D eigenvalue weighted by molar-refractivity contribution is -0.119. The van der Waals surface area contributed by atoms with Crippen LogP contribution < -0.4 is 15.7 Å². The van der Waals surface area contributed by atoms with Crippen LogP contribution in [0, 0.1) is 6.92 Å². The van der Waals surface area contributed by atoms with Gasteiger partial charge in [0.1, 0.15) is 17.5 Å². The van der Waals surface area contributed by atoms with Gasteiger partial charge in [0.25, 0.3) is 11.5 Å². The molecule has 1 amide bonds. The average molecular weight is 410 g/mol. The van der Waals surface area contributed by atoms with Crippen molar-refractivity contribution in [3.8, 4) is 11.4 Å². The SMILES string of the molecule is Cc1ccccc1OCC(=O)Nn1cnc2c(cnn2-c2cccc(Cl)c2)c1=O. The van der Waals surface area contributed by atoms with Crippen LogP contribution in [0.3, 0.4) is 0 Å². The average Bonchev–Trinajstić information content (AvgIpc) is 3.14. The molecule has 2 aromatic carbocycles. The summed E-state index contributed by atoms with van der Waals surface area (Å²) in [5.74, 6) is 0.116. The number of nitrogens with one attached hydrogen (secondary N) is 1. The number of carbonyl (C=O) groups excluding carboxylic acids is 1. The standard InChI is InChI=1S/C20H16ClN5O3/c1-13-5-2-3-8-17(13)29-11-18(27)24-25-12-22-19-16(20(25)28)10-23-26(19)15-7-4-6-14(21)9-15/h2-10,12H,11H2,1H3,(H,24,27). The van der Waals surface area contributed by atoms with Gasteiger partial charge >= 0.3 is 0 Å². The van der Waals surface area contributed by atoms with Crippen LogP contribution in [-0.2, 0) is 4.79 Å². The highest BCUT2D eigenvalue weighted by Crippen LogP contribution is 2.18. The molecule has 0 aliphatic heterocycles. The van der Waals surface area contributed by atoms with Crippen molar-refractivity contribution in [1.29, 1.82) is 0 Å². The summed E-state index contributed by atoms with van der Waals surface area (Å²) in [4.78, 5) is 29.1. The van der Waals surface area contributed by atoms with Crippen molar-refractivity contribution in [2.24, 2.45) is 0 Å². The highest BCUT2D eigenvalue weighted by molar-refractivity contribution is 6.30. The van der Waals surface area contributed by atoms with Crippen molar-refractivity contribution in [3.05, 3.63) is 82.0 Å². The number of hydrogen-bond donors (Lipinski definition) is 1. The van der Waals surface area contributed by atoms with Gasteiger partial charge < -0.3 is 4.74 Å². The molecule has 0 spiro atoms. The molecule has 1 N–H and O–H groups in total. The lowest BCUT2D eigenvalue weighted by atomic mass is 10.2. The minimum atomic E-state index is -0.487. The van der Waals surface area contributed by atoms with Crippen molar-refractivity contribution in [2.75, 3.05) is 12.0 Å². The molecule has 0 saturated carbocycles. The van der Waals surface area contributed by atoms with Gasteiger partial charge in [-0.25, -0.2) is 14.3 Å². The van der Waals surface area contributed by atoms with E-state index in [1.54, 1.807) is 30.3 Å². The maximum absolute atomic E-state index is 12.7. The van der Waals surface area contributed by atoms with E-state index in [2.05, 4.69) is 15.5 Å². The molecular weight excluding hydrogens is 394 g/mol. The van der Waals surface area contributed by atoms with Crippen LogP contribution in [0.15, 0.2) is 65.8 Å². The van der Waals surface area contributed by atoms with Crippen LogP contribution in [0.2, 0.25) is 5.02 Å². The number of nitrogens with zero attached hydrogens (tertiary/aromatic N) is 4. The lowest BCUT2D eigenvalue weighted by Crippen LogP contribution is -2.35. The topological polar surface area (TPSA) is 91.0 Å². The fraction of sp³-hybridized carbons (Fsp3) is 0.100. The first-order valence-electron chi connectivity index (χ1n) is 8.72. The third-order valence-electron chi connectivity index (χ3n) is 4.24. The summed E-state index contributed by atoms with van der Waals surface area (Å²) in [5.41, 5.74) is 3.96. The Morgan fingerprint density at radius 3 is 2.83 bits per heavy atom. The van der Waals surface area contributed by atoms with E-state index in [1.807, 2.05) is 25.1 Å². The van der Waals surface area contributed by atoms with E-state index in [-0.39, 0.29) is 12.0 Å². The third-order valence-corrected chi connectivity index (χ3v) is 4.47. The number of aryl methyl sites for hydroxylation is 1. The van der Waals surface area contributed by atoms with Gasteiger partial charge in [-0.3, -0.25) is 15.0 Å². The Morgan fingerprint density at radius 2 is 2.03 bits per heavy atom. The second-order valence-electron chi connectivity index (χ2n) is 6.28. The number of fused-ring (bicyclic) bond motifs is 1. The first kappa shape index (κ1) is 18.7. The van der Waals surface area contributed by atoms with E-state index in [0.29, 0.717) is 22.1 Å². The molecule has 0 saturated heterocycles. The Bertz CT molecular complexity index is 1260. The summed E-state index contributed by atoms with van der Waals surface area (Å²) >= 11 is 6.02. The predicted octanol–water partition coefficient (Wildman–Crippen LogP) is 2.69. The largest absolute Gasteiger partial charge is 0.483 e. The summed E-state index contributed by atoms with van der Waals surface area (Å²) in [6.45, 7) is 1.64. The van der Waals surface area contributed by atoms with Gasteiger partial charge in [0.15, 0.2) is 12.3 Å². The van der Waals surface area contributed by atoms with E-state index >= 15 is 0 Å². The summed E-state index contributed by atoms with van der Waals surface area (Å²) < 4.78 is 8.01. The van der Waals surface area contributed by atoms with Crippen LogP contribution >= 0.6 is 11.6 Å². The highest BCUT2D eigenvalue weighted by atomic mass is 35.5. The second-order valence-corrected chi connectivity index (χ2v) is 6.72. The first-order chi connectivity index (χ1) is 14.0. The van der Waals surface area contributed by atoms with Gasteiger partial charge in [-0.05, 0) is 36.8 Å². The smallest absolute Gasteiger partial charge is 0.283 e. The minimum Gasteiger partial charge on any atom is -0.483 e. The summed E-state index contributed by atoms with van der Waals surface area (Å²) in [5, 5.41) is 5.02. The molecule has 0 aliphatic rings. The number of ether oxygens (including phenoxy) is 1. The zero-order valence-corrected chi connectivity index (χ0v) is 16.1. The number of para-hydroxylation sites is 1. The van der Waals surface area contributed by atoms with Crippen LogP contribution in [0.25, 0.3) is 16.7 Å². The van der Waals surface area contributed by atoms with Crippen LogP contribution in [0.4, 0.5) is 0 Å². The van der Waals surface area contributed by atoms with Crippen molar-refractivity contribution < 1.29 is 9.53 Å². The number of hydrogen-bond acceptors (Lipinski definition) is 5. The number of carbonyl (C=O) groups is 1. The molecule has 0 unspecified atom stereocenters. The van der Waals surface area contributed by atoms with Crippen LogP contribution in [0.1, 0.15) is 5.56 Å². The Balaban J connectivity index is 1.54. The third kappa shape index (κ3) is 3.83. The van der Waals surface area contributed by atoms with Gasteiger partial charge in [0.05, 0.1) is 11.9 Å². The first-order valence-corrected chi connectivity index (χ1v) is 9.10. The van der Waals surface area contributed by atoms with Gasteiger partial charge in [-0.2, -0.15) is 5.10 Å². The molecule has 2 aromatic heterocycles. The molecule has 0 atom stereocenters. The Hall–Kier alpha value is -3.65. The Kier molecular flexibility index (Phi) is 5.01. The molecule has 146 valence electrons. The highest BCUT2D eigenvalue weighted by Gasteiger charge is 2.13. The van der Waals surface area contributed by atoms with Crippen molar-refractivity contribution in [3.63, 3.8) is 0 Å².